The van der Waals surface area contributed by atoms with E-state index in [1.807, 2.05) is 39.0 Å². The zero-order chi connectivity index (χ0) is 17.3. The van der Waals surface area contributed by atoms with Gasteiger partial charge in [-0.3, -0.25) is 0 Å². The number of anilines is 1. The summed E-state index contributed by atoms with van der Waals surface area (Å²) in [6.45, 7) is 6.92. The highest BCUT2D eigenvalue weighted by Gasteiger charge is 2.30. The lowest BCUT2D eigenvalue weighted by Gasteiger charge is -2.24. The van der Waals surface area contributed by atoms with Crippen LogP contribution in [0.3, 0.4) is 0 Å². The van der Waals surface area contributed by atoms with Gasteiger partial charge >= 0.3 is 6.09 Å². The van der Waals surface area contributed by atoms with Crippen molar-refractivity contribution in [3.63, 3.8) is 0 Å². The molecule has 1 aliphatic rings. The predicted molar refractivity (Wildman–Crippen MR) is 97.1 cm³/mol. The third-order valence-electron chi connectivity index (χ3n) is 3.78. The number of carbonyl (C=O) groups is 1. The van der Waals surface area contributed by atoms with Gasteiger partial charge in [-0.2, -0.15) is 0 Å². The van der Waals surface area contributed by atoms with Crippen LogP contribution in [0.1, 0.15) is 27.2 Å². The van der Waals surface area contributed by atoms with Crippen molar-refractivity contribution in [3.8, 4) is 0 Å². The molecule has 0 bridgehead atoms. The van der Waals surface area contributed by atoms with Gasteiger partial charge in [0.1, 0.15) is 17.7 Å². The SMILES string of the molecule is CC(C)(C)OC(=O)N1CC[C@@H](Nc2ncnc3ccc(Br)cc23)C1. The molecular weight excluding hydrogens is 372 g/mol. The number of aromatic nitrogens is 2. The van der Waals surface area contributed by atoms with Crippen LogP contribution in [0.15, 0.2) is 29.0 Å². The number of benzene rings is 1. The topological polar surface area (TPSA) is 67.3 Å². The Morgan fingerprint density at radius 2 is 2.17 bits per heavy atom. The van der Waals surface area contributed by atoms with Crippen LogP contribution in [0.25, 0.3) is 10.9 Å². The number of ether oxygens (including phenoxy) is 1. The highest BCUT2D eigenvalue weighted by atomic mass is 79.9. The first-order chi connectivity index (χ1) is 11.3. The number of nitrogens with one attached hydrogen (secondary N) is 1. The van der Waals surface area contributed by atoms with Crippen LogP contribution >= 0.6 is 15.9 Å². The van der Waals surface area contributed by atoms with Crippen LogP contribution in [-0.4, -0.2) is 45.7 Å². The molecule has 0 radical (unpaired) electrons. The van der Waals surface area contributed by atoms with Gasteiger partial charge in [0.2, 0.25) is 0 Å². The second-order valence-corrected chi connectivity index (χ2v) is 7.86. The van der Waals surface area contributed by atoms with Gasteiger partial charge in [-0.15, -0.1) is 0 Å². The maximum Gasteiger partial charge on any atom is 0.410 e. The molecule has 3 rings (SSSR count). The molecular formula is C17H21BrN4O2. The molecule has 128 valence electrons. The van der Waals surface area contributed by atoms with E-state index in [1.54, 1.807) is 11.2 Å². The zero-order valence-electron chi connectivity index (χ0n) is 14.0. The molecule has 7 heteroatoms. The number of hydrogen-bond donors (Lipinski definition) is 1. The second kappa shape index (κ2) is 6.55. The molecule has 6 nitrogen and oxygen atoms in total. The largest absolute Gasteiger partial charge is 0.444 e. The fourth-order valence-electron chi connectivity index (χ4n) is 2.71. The number of halogens is 1. The third kappa shape index (κ3) is 3.95. The minimum absolute atomic E-state index is 0.148. The van der Waals surface area contributed by atoms with E-state index in [0.717, 1.165) is 27.6 Å². The number of carbonyl (C=O) groups excluding carboxylic acids is 1. The van der Waals surface area contributed by atoms with Gasteiger partial charge in [-0.05, 0) is 45.4 Å². The van der Waals surface area contributed by atoms with Gasteiger partial charge in [-0.1, -0.05) is 15.9 Å². The molecule has 1 aromatic heterocycles. The van der Waals surface area contributed by atoms with Gasteiger partial charge in [0.15, 0.2) is 0 Å². The predicted octanol–water partition coefficient (Wildman–Crippen LogP) is 3.81. The fraction of sp³-hybridized carbons (Fsp3) is 0.471. The van der Waals surface area contributed by atoms with Gasteiger partial charge in [-0.25, -0.2) is 14.8 Å². The molecule has 0 saturated carbocycles. The van der Waals surface area contributed by atoms with Crippen molar-refractivity contribution in [3.05, 3.63) is 29.0 Å². The molecule has 1 atom stereocenters. The molecule has 1 amide bonds. The molecule has 24 heavy (non-hydrogen) atoms. The Morgan fingerprint density at radius 3 is 2.92 bits per heavy atom. The number of likely N-dealkylation sites (tertiary alicyclic amines) is 1. The summed E-state index contributed by atoms with van der Waals surface area (Å²) in [6.07, 6.45) is 2.15. The van der Waals surface area contributed by atoms with Crippen molar-refractivity contribution in [2.24, 2.45) is 0 Å². The van der Waals surface area contributed by atoms with E-state index in [0.29, 0.717) is 13.1 Å². The van der Waals surface area contributed by atoms with E-state index in [2.05, 4.69) is 31.2 Å². The molecule has 0 spiro atoms. The summed E-state index contributed by atoms with van der Waals surface area (Å²) >= 11 is 3.48. The quantitative estimate of drug-likeness (QED) is 0.841. The van der Waals surface area contributed by atoms with E-state index < -0.39 is 5.60 Å². The average molecular weight is 393 g/mol. The van der Waals surface area contributed by atoms with Crippen molar-refractivity contribution in [1.29, 1.82) is 0 Å². The van der Waals surface area contributed by atoms with Crippen LogP contribution < -0.4 is 5.32 Å². The van der Waals surface area contributed by atoms with Crippen LogP contribution in [0.4, 0.5) is 10.6 Å². The van der Waals surface area contributed by atoms with Crippen molar-refractivity contribution >= 4 is 38.7 Å². The highest BCUT2D eigenvalue weighted by Crippen LogP contribution is 2.25. The number of fused-ring (bicyclic) bond motifs is 1. The standard InChI is InChI=1S/C17H21BrN4O2/c1-17(2,3)24-16(23)22-7-6-12(9-22)21-15-13-8-11(18)4-5-14(13)19-10-20-15/h4-5,8,10,12H,6-7,9H2,1-3H3,(H,19,20,21)/t12-/m1/s1. The van der Waals surface area contributed by atoms with Crippen LogP contribution in [0, 0.1) is 0 Å². The summed E-state index contributed by atoms with van der Waals surface area (Å²) in [5.74, 6) is 0.789. The summed E-state index contributed by atoms with van der Waals surface area (Å²) in [5.41, 5.74) is 0.412. The second-order valence-electron chi connectivity index (χ2n) is 6.94. The molecule has 0 aliphatic carbocycles. The molecule has 1 N–H and O–H groups in total. The lowest BCUT2D eigenvalue weighted by molar-refractivity contribution is 0.0293. The first-order valence-corrected chi connectivity index (χ1v) is 8.76. The van der Waals surface area contributed by atoms with Crippen molar-refractivity contribution in [1.82, 2.24) is 14.9 Å². The average Bonchev–Trinajstić information content (AvgIpc) is 2.95. The summed E-state index contributed by atoms with van der Waals surface area (Å²) in [7, 11) is 0. The van der Waals surface area contributed by atoms with Crippen molar-refractivity contribution < 1.29 is 9.53 Å². The highest BCUT2D eigenvalue weighted by molar-refractivity contribution is 9.10. The maximum absolute atomic E-state index is 12.2. The monoisotopic (exact) mass is 392 g/mol. The smallest absolute Gasteiger partial charge is 0.410 e. The fourth-order valence-corrected chi connectivity index (χ4v) is 3.07. The lowest BCUT2D eigenvalue weighted by Crippen LogP contribution is -2.36. The van der Waals surface area contributed by atoms with Gasteiger partial charge in [0.05, 0.1) is 5.52 Å². The molecule has 1 aliphatic heterocycles. The van der Waals surface area contributed by atoms with E-state index in [-0.39, 0.29) is 12.1 Å². The van der Waals surface area contributed by atoms with Crippen LogP contribution in [0.5, 0.6) is 0 Å². The molecule has 2 aromatic rings. The van der Waals surface area contributed by atoms with E-state index in [4.69, 9.17) is 4.74 Å². The lowest BCUT2D eigenvalue weighted by atomic mass is 10.2. The van der Waals surface area contributed by atoms with Crippen molar-refractivity contribution in [2.45, 2.75) is 38.8 Å². The number of nitrogens with zero attached hydrogens (tertiary/aromatic N) is 3. The Labute approximate surface area is 149 Å². The summed E-state index contributed by atoms with van der Waals surface area (Å²) in [6, 6.07) is 6.06. The van der Waals surface area contributed by atoms with Crippen LogP contribution in [0.2, 0.25) is 0 Å². The Balaban J connectivity index is 1.70. The van der Waals surface area contributed by atoms with E-state index >= 15 is 0 Å². The number of hydrogen-bond acceptors (Lipinski definition) is 5. The number of rotatable bonds is 2. The first-order valence-electron chi connectivity index (χ1n) is 7.96. The Morgan fingerprint density at radius 1 is 1.38 bits per heavy atom. The molecule has 1 fully saturated rings. The van der Waals surface area contributed by atoms with Gasteiger partial charge in [0.25, 0.3) is 0 Å². The Hall–Kier alpha value is -1.89. The normalized spacial score (nSPS) is 18.0. The molecule has 1 saturated heterocycles. The van der Waals surface area contributed by atoms with E-state index in [1.165, 1.54) is 0 Å². The zero-order valence-corrected chi connectivity index (χ0v) is 15.6. The minimum atomic E-state index is -0.474. The van der Waals surface area contributed by atoms with Gasteiger partial charge < -0.3 is 15.0 Å². The van der Waals surface area contributed by atoms with E-state index in [9.17, 15) is 4.79 Å². The summed E-state index contributed by atoms with van der Waals surface area (Å²) in [5, 5.41) is 4.40. The minimum Gasteiger partial charge on any atom is -0.444 e. The first kappa shape index (κ1) is 17.0. The Bertz CT molecular complexity index is 760. The third-order valence-corrected chi connectivity index (χ3v) is 4.27. The van der Waals surface area contributed by atoms with Crippen LogP contribution in [-0.2, 0) is 4.74 Å². The molecule has 1 aromatic carbocycles. The van der Waals surface area contributed by atoms with Gasteiger partial charge in [0, 0.05) is 29.0 Å². The summed E-state index contributed by atoms with van der Waals surface area (Å²) in [4.78, 5) is 22.5. The molecule has 2 heterocycles. The maximum atomic E-state index is 12.2. The molecule has 0 unspecified atom stereocenters. The summed E-state index contributed by atoms with van der Waals surface area (Å²) < 4.78 is 6.41. The Kier molecular flexibility index (Phi) is 4.62. The number of amides is 1. The van der Waals surface area contributed by atoms with Crippen molar-refractivity contribution in [2.75, 3.05) is 18.4 Å².